The summed E-state index contributed by atoms with van der Waals surface area (Å²) in [5.41, 5.74) is 4.59. The lowest BCUT2D eigenvalue weighted by atomic mass is 10.0. The maximum Gasteiger partial charge on any atom is 0.0716 e. The van der Waals surface area contributed by atoms with E-state index < -0.39 is 0 Å². The molecule has 85 valence electrons. The molecule has 0 amide bonds. The summed E-state index contributed by atoms with van der Waals surface area (Å²) in [6.07, 6.45) is 5.21. The number of aromatic amines is 2. The summed E-state index contributed by atoms with van der Waals surface area (Å²) >= 11 is 0. The molecule has 0 unspecified atom stereocenters. The van der Waals surface area contributed by atoms with Gasteiger partial charge in [0.25, 0.3) is 0 Å². The Kier molecular flexibility index (Phi) is 1.86. The van der Waals surface area contributed by atoms with Crippen LogP contribution in [0.25, 0.3) is 32.9 Å². The molecule has 0 spiro atoms. The molecular formula is C16H11N2. The summed E-state index contributed by atoms with van der Waals surface area (Å²) in [6.45, 7) is 0. The van der Waals surface area contributed by atoms with Crippen LogP contribution < -0.4 is 0 Å². The van der Waals surface area contributed by atoms with E-state index in [4.69, 9.17) is 0 Å². The monoisotopic (exact) mass is 231 g/mol. The van der Waals surface area contributed by atoms with E-state index in [0.29, 0.717) is 0 Å². The largest absolute Gasteiger partial charge is 0.361 e. The van der Waals surface area contributed by atoms with E-state index >= 15 is 0 Å². The van der Waals surface area contributed by atoms with Gasteiger partial charge < -0.3 is 9.97 Å². The first-order chi connectivity index (χ1) is 8.92. The van der Waals surface area contributed by atoms with Crippen molar-refractivity contribution in [3.63, 3.8) is 0 Å². The van der Waals surface area contributed by atoms with Crippen LogP contribution in [0.3, 0.4) is 0 Å². The Balaban J connectivity index is 2.00. The first-order valence-electron chi connectivity index (χ1n) is 5.98. The second-order valence-electron chi connectivity index (χ2n) is 4.45. The van der Waals surface area contributed by atoms with E-state index in [9.17, 15) is 0 Å². The van der Waals surface area contributed by atoms with Crippen molar-refractivity contribution in [1.29, 1.82) is 0 Å². The first kappa shape index (κ1) is 9.54. The topological polar surface area (TPSA) is 31.6 Å². The summed E-state index contributed by atoms with van der Waals surface area (Å²) in [4.78, 5) is 6.44. The Hall–Kier alpha value is -2.48. The number of rotatable bonds is 1. The summed E-state index contributed by atoms with van der Waals surface area (Å²) in [5.74, 6) is 0. The number of nitrogens with one attached hydrogen (secondary N) is 2. The van der Waals surface area contributed by atoms with Crippen molar-refractivity contribution in [2.45, 2.75) is 0 Å². The lowest BCUT2D eigenvalue weighted by Gasteiger charge is -1.99. The highest BCUT2D eigenvalue weighted by molar-refractivity contribution is 5.97. The Morgan fingerprint density at radius 3 is 2.83 bits per heavy atom. The number of para-hydroxylation sites is 1. The van der Waals surface area contributed by atoms with Crippen LogP contribution in [0.2, 0.25) is 0 Å². The third kappa shape index (κ3) is 1.29. The molecule has 2 heteroatoms. The van der Waals surface area contributed by atoms with Crippen LogP contribution in [0.4, 0.5) is 0 Å². The van der Waals surface area contributed by atoms with Crippen molar-refractivity contribution in [3.05, 3.63) is 60.9 Å². The minimum absolute atomic E-state index is 1.12. The van der Waals surface area contributed by atoms with E-state index in [1.54, 1.807) is 0 Å². The normalized spacial score (nSPS) is 11.3. The number of aromatic nitrogens is 2. The highest BCUT2D eigenvalue weighted by Gasteiger charge is 2.06. The van der Waals surface area contributed by atoms with Crippen LogP contribution in [-0.2, 0) is 0 Å². The third-order valence-corrected chi connectivity index (χ3v) is 3.36. The van der Waals surface area contributed by atoms with Gasteiger partial charge in [-0.3, -0.25) is 0 Å². The van der Waals surface area contributed by atoms with Gasteiger partial charge in [-0.2, -0.15) is 0 Å². The first-order valence-corrected chi connectivity index (χ1v) is 5.98. The maximum absolute atomic E-state index is 3.25. The molecule has 0 bridgehead atoms. The van der Waals surface area contributed by atoms with Gasteiger partial charge in [-0.25, -0.2) is 0 Å². The van der Waals surface area contributed by atoms with Crippen molar-refractivity contribution in [3.8, 4) is 11.1 Å². The number of benzene rings is 2. The standard InChI is InChI=1S/C16H11N2/c1-2-4-15-13(3-1)14(10-18-15)12-6-5-11-7-8-17-16(11)9-12/h1-9,17-18H. The van der Waals surface area contributed by atoms with Gasteiger partial charge in [-0.15, -0.1) is 0 Å². The molecule has 0 saturated heterocycles. The Bertz CT molecular complexity index is 836. The smallest absolute Gasteiger partial charge is 0.0716 e. The summed E-state index contributed by atoms with van der Waals surface area (Å²) in [5, 5.41) is 2.45. The third-order valence-electron chi connectivity index (χ3n) is 3.36. The second kappa shape index (κ2) is 3.50. The van der Waals surface area contributed by atoms with Gasteiger partial charge in [0.2, 0.25) is 0 Å². The molecule has 4 aromatic rings. The Labute approximate surface area is 104 Å². The molecule has 2 aromatic heterocycles. The molecule has 2 N–H and O–H groups in total. The second-order valence-corrected chi connectivity index (χ2v) is 4.45. The lowest BCUT2D eigenvalue weighted by Crippen LogP contribution is -1.76. The zero-order valence-corrected chi connectivity index (χ0v) is 9.70. The van der Waals surface area contributed by atoms with Gasteiger partial charge in [-0.05, 0) is 29.1 Å². The Morgan fingerprint density at radius 1 is 0.889 bits per heavy atom. The number of hydrogen-bond acceptors (Lipinski definition) is 0. The predicted molar refractivity (Wildman–Crippen MR) is 74.4 cm³/mol. The summed E-state index contributed by atoms with van der Waals surface area (Å²) < 4.78 is 0. The van der Waals surface area contributed by atoms with Crippen molar-refractivity contribution >= 4 is 21.8 Å². The van der Waals surface area contributed by atoms with Crippen LogP contribution in [-0.4, -0.2) is 9.97 Å². The number of hydrogen-bond donors (Lipinski definition) is 2. The van der Waals surface area contributed by atoms with E-state index in [1.165, 1.54) is 16.3 Å². The quantitative estimate of drug-likeness (QED) is 0.494. The van der Waals surface area contributed by atoms with Gasteiger partial charge in [0.05, 0.1) is 6.20 Å². The molecule has 0 aliphatic carbocycles. The van der Waals surface area contributed by atoms with Crippen molar-refractivity contribution in [2.24, 2.45) is 0 Å². The molecule has 0 aliphatic heterocycles. The maximum atomic E-state index is 3.25. The summed E-state index contributed by atoms with van der Waals surface area (Å²) in [7, 11) is 0. The number of H-pyrrole nitrogens is 2. The molecule has 4 rings (SSSR count). The van der Waals surface area contributed by atoms with Gasteiger partial charge in [-0.1, -0.05) is 30.3 Å². The van der Waals surface area contributed by atoms with E-state index in [1.807, 2.05) is 12.3 Å². The molecule has 0 atom stereocenters. The molecule has 0 aliphatic rings. The van der Waals surface area contributed by atoms with E-state index in [0.717, 1.165) is 16.6 Å². The molecular weight excluding hydrogens is 220 g/mol. The summed E-state index contributed by atoms with van der Waals surface area (Å²) in [6, 6.07) is 16.8. The number of fused-ring (bicyclic) bond motifs is 2. The molecule has 18 heavy (non-hydrogen) atoms. The fourth-order valence-corrected chi connectivity index (χ4v) is 2.44. The average molecular weight is 231 g/mol. The van der Waals surface area contributed by atoms with Crippen molar-refractivity contribution in [2.75, 3.05) is 0 Å². The average Bonchev–Trinajstić information content (AvgIpc) is 3.04. The van der Waals surface area contributed by atoms with Crippen molar-refractivity contribution < 1.29 is 0 Å². The molecule has 0 fully saturated rings. The van der Waals surface area contributed by atoms with Gasteiger partial charge in [0.15, 0.2) is 0 Å². The highest BCUT2D eigenvalue weighted by Crippen LogP contribution is 2.29. The zero-order valence-electron chi connectivity index (χ0n) is 9.70. The van der Waals surface area contributed by atoms with Crippen LogP contribution in [0.1, 0.15) is 0 Å². The van der Waals surface area contributed by atoms with Crippen molar-refractivity contribution in [1.82, 2.24) is 9.97 Å². The van der Waals surface area contributed by atoms with E-state index in [-0.39, 0.29) is 0 Å². The van der Waals surface area contributed by atoms with Crippen LogP contribution >= 0.6 is 0 Å². The lowest BCUT2D eigenvalue weighted by molar-refractivity contribution is 1.45. The highest BCUT2D eigenvalue weighted by atomic mass is 14.7. The zero-order chi connectivity index (χ0) is 11.9. The minimum atomic E-state index is 1.12. The SMILES string of the molecule is [c]1[nH]c2ccccc2c1-c1ccc2cc[nH]c2c1. The molecule has 2 aromatic carbocycles. The fourth-order valence-electron chi connectivity index (χ4n) is 2.44. The molecule has 2 heterocycles. The molecule has 1 radical (unpaired) electrons. The van der Waals surface area contributed by atoms with Crippen LogP contribution in [0, 0.1) is 6.20 Å². The van der Waals surface area contributed by atoms with Crippen LogP contribution in [0.15, 0.2) is 54.7 Å². The van der Waals surface area contributed by atoms with Gasteiger partial charge in [0.1, 0.15) is 0 Å². The fraction of sp³-hybridized carbons (Fsp3) is 0. The Morgan fingerprint density at radius 2 is 1.83 bits per heavy atom. The van der Waals surface area contributed by atoms with Gasteiger partial charge >= 0.3 is 0 Å². The van der Waals surface area contributed by atoms with E-state index in [2.05, 4.69) is 58.6 Å². The van der Waals surface area contributed by atoms with Gasteiger partial charge in [0, 0.05) is 28.2 Å². The van der Waals surface area contributed by atoms with Crippen LogP contribution in [0.5, 0.6) is 0 Å². The molecule has 2 nitrogen and oxygen atoms in total. The predicted octanol–water partition coefficient (Wildman–Crippen LogP) is 4.12. The minimum Gasteiger partial charge on any atom is -0.361 e. The molecule has 0 saturated carbocycles.